The Labute approximate surface area is 162 Å². The molecule has 1 amide bonds. The molecule has 1 aliphatic carbocycles. The highest BCUT2D eigenvalue weighted by atomic mass is 32.2. The number of methoxy groups -OCH3 is 1. The summed E-state index contributed by atoms with van der Waals surface area (Å²) in [6.45, 7) is 0.732. The Morgan fingerprint density at radius 3 is 2.37 bits per heavy atom. The second-order valence-corrected chi connectivity index (χ2v) is 9.56. The van der Waals surface area contributed by atoms with E-state index in [9.17, 15) is 13.2 Å². The molecular weight excluding hydrogens is 364 g/mol. The molecule has 1 heterocycles. The van der Waals surface area contributed by atoms with Crippen molar-refractivity contribution in [2.45, 2.75) is 55.9 Å². The molecule has 0 spiro atoms. The maximum absolute atomic E-state index is 13.0. The van der Waals surface area contributed by atoms with Crippen LogP contribution in [0.15, 0.2) is 29.2 Å². The first-order chi connectivity index (χ1) is 12.9. The van der Waals surface area contributed by atoms with E-state index in [1.807, 2.05) is 11.9 Å². The molecule has 3 rings (SSSR count). The third kappa shape index (κ3) is 4.46. The molecule has 0 unspecified atom stereocenters. The van der Waals surface area contributed by atoms with Crippen molar-refractivity contribution in [3.05, 3.63) is 24.3 Å². The number of rotatable bonds is 5. The number of carbonyl (C=O) groups excluding carboxylic acids is 1. The fraction of sp³-hybridized carbons (Fsp3) is 0.650. The minimum atomic E-state index is -3.60. The van der Waals surface area contributed by atoms with Crippen molar-refractivity contribution in [1.82, 2.24) is 9.21 Å². The van der Waals surface area contributed by atoms with Gasteiger partial charge in [0, 0.05) is 26.2 Å². The fourth-order valence-electron chi connectivity index (χ4n) is 4.20. The van der Waals surface area contributed by atoms with Crippen LogP contribution in [0.5, 0.6) is 5.75 Å². The van der Waals surface area contributed by atoms with Gasteiger partial charge in [-0.2, -0.15) is 4.31 Å². The molecule has 7 heteroatoms. The summed E-state index contributed by atoms with van der Waals surface area (Å²) in [5.41, 5.74) is 0. The summed E-state index contributed by atoms with van der Waals surface area (Å²) < 4.78 is 32.5. The lowest BCUT2D eigenvalue weighted by Gasteiger charge is -2.37. The number of nitrogens with zero attached hydrogens (tertiary/aromatic N) is 2. The second kappa shape index (κ2) is 8.61. The van der Waals surface area contributed by atoms with Crippen molar-refractivity contribution >= 4 is 15.9 Å². The van der Waals surface area contributed by atoms with Crippen molar-refractivity contribution < 1.29 is 17.9 Å². The number of benzene rings is 1. The van der Waals surface area contributed by atoms with Crippen LogP contribution >= 0.6 is 0 Å². The summed E-state index contributed by atoms with van der Waals surface area (Å²) in [4.78, 5) is 15.1. The summed E-state index contributed by atoms with van der Waals surface area (Å²) >= 11 is 0. The fourth-order valence-corrected chi connectivity index (χ4v) is 5.72. The zero-order chi connectivity index (χ0) is 19.4. The minimum Gasteiger partial charge on any atom is -0.497 e. The maximum atomic E-state index is 13.0. The lowest BCUT2D eigenvalue weighted by molar-refractivity contribution is -0.138. The van der Waals surface area contributed by atoms with Gasteiger partial charge in [0.05, 0.1) is 17.9 Å². The molecule has 2 aliphatic rings. The van der Waals surface area contributed by atoms with Crippen molar-refractivity contribution in [2.75, 3.05) is 27.2 Å². The van der Waals surface area contributed by atoms with Gasteiger partial charge in [0.15, 0.2) is 0 Å². The zero-order valence-electron chi connectivity index (χ0n) is 16.3. The van der Waals surface area contributed by atoms with Crippen molar-refractivity contribution in [3.63, 3.8) is 0 Å². The molecule has 2 fully saturated rings. The van der Waals surface area contributed by atoms with Gasteiger partial charge in [-0.05, 0) is 49.9 Å². The van der Waals surface area contributed by atoms with Gasteiger partial charge in [-0.25, -0.2) is 8.42 Å². The normalized spacial score (nSPS) is 22.4. The monoisotopic (exact) mass is 394 g/mol. The van der Waals surface area contributed by atoms with E-state index < -0.39 is 10.0 Å². The Kier molecular flexibility index (Phi) is 6.42. The van der Waals surface area contributed by atoms with Gasteiger partial charge in [-0.1, -0.05) is 19.3 Å². The minimum absolute atomic E-state index is 0.0940. The number of carbonyl (C=O) groups is 1. The summed E-state index contributed by atoms with van der Waals surface area (Å²) in [5, 5.41) is 0. The molecule has 1 aromatic rings. The molecule has 1 atom stereocenters. The Bertz CT molecular complexity index is 742. The van der Waals surface area contributed by atoms with Gasteiger partial charge in [-0.3, -0.25) is 4.79 Å². The molecule has 0 radical (unpaired) electrons. The average molecular weight is 395 g/mol. The molecule has 27 heavy (non-hydrogen) atoms. The van der Waals surface area contributed by atoms with Gasteiger partial charge in [-0.15, -0.1) is 0 Å². The highest BCUT2D eigenvalue weighted by Crippen LogP contribution is 2.28. The average Bonchev–Trinajstić information content (AvgIpc) is 2.73. The molecule has 150 valence electrons. The molecule has 1 saturated heterocycles. The lowest BCUT2D eigenvalue weighted by Crippen LogP contribution is -2.48. The van der Waals surface area contributed by atoms with Gasteiger partial charge in [0.2, 0.25) is 15.9 Å². The van der Waals surface area contributed by atoms with Crippen LogP contribution in [0.1, 0.15) is 44.9 Å². The van der Waals surface area contributed by atoms with Crippen molar-refractivity contribution in [1.29, 1.82) is 0 Å². The van der Waals surface area contributed by atoms with Crippen LogP contribution in [0.3, 0.4) is 0 Å². The second-order valence-electron chi connectivity index (χ2n) is 7.62. The van der Waals surface area contributed by atoms with Crippen LogP contribution in [-0.4, -0.2) is 56.8 Å². The van der Waals surface area contributed by atoms with Crippen LogP contribution in [0, 0.1) is 5.92 Å². The topological polar surface area (TPSA) is 66.9 Å². The predicted octanol–water partition coefficient (Wildman–Crippen LogP) is 2.89. The van der Waals surface area contributed by atoms with E-state index in [-0.39, 0.29) is 23.3 Å². The first-order valence-electron chi connectivity index (χ1n) is 9.84. The Morgan fingerprint density at radius 2 is 1.74 bits per heavy atom. The van der Waals surface area contributed by atoms with Gasteiger partial charge >= 0.3 is 0 Å². The highest BCUT2D eigenvalue weighted by Gasteiger charge is 2.35. The first kappa shape index (κ1) is 20.1. The summed E-state index contributed by atoms with van der Waals surface area (Å²) in [6.07, 6.45) is 7.17. The van der Waals surface area contributed by atoms with E-state index in [4.69, 9.17) is 4.74 Å². The summed E-state index contributed by atoms with van der Waals surface area (Å²) in [6, 6.07) is 6.73. The summed E-state index contributed by atoms with van der Waals surface area (Å²) in [5.74, 6) is 0.463. The van der Waals surface area contributed by atoms with E-state index in [1.54, 1.807) is 31.4 Å². The Hall–Kier alpha value is -1.60. The van der Waals surface area contributed by atoms with Crippen LogP contribution in [-0.2, 0) is 14.8 Å². The Morgan fingerprint density at radius 1 is 1.07 bits per heavy atom. The third-order valence-corrected chi connectivity index (χ3v) is 7.78. The van der Waals surface area contributed by atoms with Crippen LogP contribution in [0.4, 0.5) is 0 Å². The number of sulfonamides is 1. The number of amides is 1. The molecule has 0 bridgehead atoms. The number of hydrogen-bond donors (Lipinski definition) is 0. The van der Waals surface area contributed by atoms with Gasteiger partial charge in [0.25, 0.3) is 0 Å². The standard InChI is InChI=1S/C20H30N2O4S/c1-21(17-8-4-3-5-9-17)20(23)16-7-6-14-22(15-16)27(24,25)19-12-10-18(26-2)11-13-19/h10-13,16-17H,3-9,14-15H2,1-2H3/t16-/m1/s1. The van der Waals surface area contributed by atoms with Gasteiger partial charge < -0.3 is 9.64 Å². The maximum Gasteiger partial charge on any atom is 0.243 e. The SMILES string of the molecule is COc1ccc(S(=O)(=O)N2CCC[C@@H](C(=O)N(C)C3CCCCC3)C2)cc1. The molecule has 6 nitrogen and oxygen atoms in total. The van der Waals surface area contributed by atoms with E-state index >= 15 is 0 Å². The smallest absolute Gasteiger partial charge is 0.243 e. The molecule has 1 aliphatic heterocycles. The molecular formula is C20H30N2O4S. The van der Waals surface area contributed by atoms with Crippen LogP contribution in [0.2, 0.25) is 0 Å². The van der Waals surface area contributed by atoms with E-state index in [1.165, 1.54) is 23.6 Å². The lowest BCUT2D eigenvalue weighted by atomic mass is 9.92. The molecule has 1 saturated carbocycles. The van der Waals surface area contributed by atoms with Gasteiger partial charge in [0.1, 0.15) is 5.75 Å². The molecule has 0 N–H and O–H groups in total. The van der Waals surface area contributed by atoms with E-state index in [2.05, 4.69) is 0 Å². The largest absolute Gasteiger partial charge is 0.497 e. The van der Waals surface area contributed by atoms with Crippen molar-refractivity contribution in [2.24, 2.45) is 5.92 Å². The molecule has 1 aromatic carbocycles. The third-order valence-electron chi connectivity index (χ3n) is 5.90. The number of piperidine rings is 1. The highest BCUT2D eigenvalue weighted by molar-refractivity contribution is 7.89. The van der Waals surface area contributed by atoms with Crippen LogP contribution < -0.4 is 4.74 Å². The van der Waals surface area contributed by atoms with Crippen LogP contribution in [0.25, 0.3) is 0 Å². The summed E-state index contributed by atoms with van der Waals surface area (Å²) in [7, 11) is -0.164. The first-order valence-corrected chi connectivity index (χ1v) is 11.3. The molecule has 0 aromatic heterocycles. The van der Waals surface area contributed by atoms with E-state index in [0.717, 1.165) is 19.3 Å². The number of hydrogen-bond acceptors (Lipinski definition) is 4. The number of ether oxygens (including phenoxy) is 1. The quantitative estimate of drug-likeness (QED) is 0.770. The zero-order valence-corrected chi connectivity index (χ0v) is 17.1. The predicted molar refractivity (Wildman–Crippen MR) is 104 cm³/mol. The van der Waals surface area contributed by atoms with E-state index in [0.29, 0.717) is 24.8 Å². The Balaban J connectivity index is 1.69. The van der Waals surface area contributed by atoms with Crippen molar-refractivity contribution in [3.8, 4) is 5.75 Å².